The summed E-state index contributed by atoms with van der Waals surface area (Å²) in [5.74, 6) is 0. The average Bonchev–Trinajstić information content (AvgIpc) is 2.35. The largest absolute Gasteiger partial charge is 0.241 e. The van der Waals surface area contributed by atoms with E-state index in [-0.39, 0.29) is 0 Å². The average molecular weight is 238 g/mol. The minimum absolute atomic E-state index is 1.03. The Morgan fingerprint density at radius 2 is 1.29 bits per heavy atom. The summed E-state index contributed by atoms with van der Waals surface area (Å²) in [5.41, 5.74) is 0. The molecule has 1 heteroatoms. The highest BCUT2D eigenvalue weighted by Gasteiger charge is 1.90. The van der Waals surface area contributed by atoms with E-state index in [1.807, 2.05) is 0 Å². The molecule has 17 heavy (non-hydrogen) atoms. The molecule has 0 aromatic rings. The fourth-order valence-corrected chi connectivity index (χ4v) is 1.85. The van der Waals surface area contributed by atoms with Crippen molar-refractivity contribution >= 4 is 0 Å². The lowest BCUT2D eigenvalue weighted by Crippen LogP contribution is -2.07. The topological polar surface area (TPSA) is 14.1 Å². The van der Waals surface area contributed by atoms with E-state index in [2.05, 4.69) is 31.3 Å². The van der Waals surface area contributed by atoms with Crippen LogP contribution in [0.5, 0.6) is 0 Å². The van der Waals surface area contributed by atoms with E-state index in [1.165, 1.54) is 57.8 Å². The fourth-order valence-electron chi connectivity index (χ4n) is 1.85. The van der Waals surface area contributed by atoms with Crippen molar-refractivity contribution in [3.63, 3.8) is 0 Å². The van der Waals surface area contributed by atoms with E-state index in [0.29, 0.717) is 0 Å². The SMILES string of the molecule is CCCCCC=CCC[N]CCCCCCC. The minimum Gasteiger partial charge on any atom is -0.241 e. The molecule has 0 aliphatic carbocycles. The number of hydrogen-bond acceptors (Lipinski definition) is 0. The van der Waals surface area contributed by atoms with Gasteiger partial charge in [0, 0.05) is 13.1 Å². The van der Waals surface area contributed by atoms with Gasteiger partial charge in [-0.1, -0.05) is 64.5 Å². The van der Waals surface area contributed by atoms with Crippen molar-refractivity contribution in [1.82, 2.24) is 5.32 Å². The summed E-state index contributed by atoms with van der Waals surface area (Å²) < 4.78 is 0. The molecule has 101 valence electrons. The van der Waals surface area contributed by atoms with Crippen LogP contribution in [0.25, 0.3) is 0 Å². The summed E-state index contributed by atoms with van der Waals surface area (Å²) in [4.78, 5) is 0. The molecule has 0 fully saturated rings. The van der Waals surface area contributed by atoms with Gasteiger partial charge in [0.05, 0.1) is 0 Å². The van der Waals surface area contributed by atoms with Crippen molar-refractivity contribution in [3.8, 4) is 0 Å². The third-order valence-corrected chi connectivity index (χ3v) is 3.01. The zero-order valence-electron chi connectivity index (χ0n) is 12.1. The Labute approximate surface area is 109 Å². The summed E-state index contributed by atoms with van der Waals surface area (Å²) in [6.07, 6.45) is 17.8. The molecular formula is C16H32N. The van der Waals surface area contributed by atoms with Crippen molar-refractivity contribution in [2.45, 2.75) is 78.1 Å². The molecule has 0 bridgehead atoms. The highest BCUT2D eigenvalue weighted by molar-refractivity contribution is 4.81. The molecule has 1 nitrogen and oxygen atoms in total. The molecule has 0 spiro atoms. The molecule has 0 aliphatic rings. The number of nitrogens with zero attached hydrogens (tertiary/aromatic N) is 1. The van der Waals surface area contributed by atoms with Crippen molar-refractivity contribution in [1.29, 1.82) is 0 Å². The molecule has 0 rings (SSSR count). The second-order valence-electron chi connectivity index (χ2n) is 4.84. The van der Waals surface area contributed by atoms with Gasteiger partial charge in [-0.05, 0) is 25.7 Å². The molecule has 0 amide bonds. The van der Waals surface area contributed by atoms with Crippen LogP contribution in [0.15, 0.2) is 12.2 Å². The monoisotopic (exact) mass is 238 g/mol. The first kappa shape index (κ1) is 16.7. The van der Waals surface area contributed by atoms with Crippen molar-refractivity contribution in [2.75, 3.05) is 13.1 Å². The highest BCUT2D eigenvalue weighted by Crippen LogP contribution is 2.02. The number of hydrogen-bond donors (Lipinski definition) is 0. The lowest BCUT2D eigenvalue weighted by Gasteiger charge is -2.00. The van der Waals surface area contributed by atoms with Crippen LogP contribution >= 0.6 is 0 Å². The Morgan fingerprint density at radius 3 is 2.06 bits per heavy atom. The quantitative estimate of drug-likeness (QED) is 0.313. The van der Waals surface area contributed by atoms with Crippen molar-refractivity contribution < 1.29 is 0 Å². The fraction of sp³-hybridized carbons (Fsp3) is 0.875. The Morgan fingerprint density at radius 1 is 0.647 bits per heavy atom. The Bertz CT molecular complexity index is 152. The van der Waals surface area contributed by atoms with Gasteiger partial charge in [-0.3, -0.25) is 0 Å². The van der Waals surface area contributed by atoms with E-state index in [0.717, 1.165) is 19.5 Å². The van der Waals surface area contributed by atoms with E-state index < -0.39 is 0 Å². The summed E-state index contributed by atoms with van der Waals surface area (Å²) in [5, 5.41) is 4.55. The molecule has 0 saturated heterocycles. The van der Waals surface area contributed by atoms with Crippen LogP contribution in [0.4, 0.5) is 0 Å². The molecule has 0 N–H and O–H groups in total. The lowest BCUT2D eigenvalue weighted by molar-refractivity contribution is 0.580. The third kappa shape index (κ3) is 15.7. The van der Waals surface area contributed by atoms with Crippen LogP contribution in [-0.2, 0) is 0 Å². The molecule has 0 atom stereocenters. The Balaban J connectivity index is 2.97. The molecule has 1 radical (unpaired) electrons. The molecule has 0 heterocycles. The number of unbranched alkanes of at least 4 members (excludes halogenated alkanes) is 7. The Kier molecular flexibility index (Phi) is 15.4. The zero-order valence-corrected chi connectivity index (χ0v) is 12.1. The molecule has 0 aromatic carbocycles. The van der Waals surface area contributed by atoms with Crippen LogP contribution in [0, 0.1) is 0 Å². The maximum absolute atomic E-state index is 4.55. The maximum Gasteiger partial charge on any atom is 0.0167 e. The predicted octanol–water partition coefficient (Wildman–Crippen LogP) is 5.09. The van der Waals surface area contributed by atoms with E-state index >= 15 is 0 Å². The van der Waals surface area contributed by atoms with Gasteiger partial charge in [-0.2, -0.15) is 0 Å². The van der Waals surface area contributed by atoms with Crippen LogP contribution in [0.2, 0.25) is 0 Å². The zero-order chi connectivity index (χ0) is 12.6. The minimum atomic E-state index is 1.03. The van der Waals surface area contributed by atoms with E-state index in [9.17, 15) is 0 Å². The first-order chi connectivity index (χ1) is 8.41. The second-order valence-corrected chi connectivity index (χ2v) is 4.84. The number of rotatable bonds is 13. The van der Waals surface area contributed by atoms with Gasteiger partial charge in [-0.25, -0.2) is 5.32 Å². The van der Waals surface area contributed by atoms with Crippen molar-refractivity contribution in [3.05, 3.63) is 12.2 Å². The van der Waals surface area contributed by atoms with Gasteiger partial charge in [0.25, 0.3) is 0 Å². The first-order valence-electron chi connectivity index (χ1n) is 7.70. The van der Waals surface area contributed by atoms with Gasteiger partial charge in [-0.15, -0.1) is 0 Å². The standard InChI is InChI=1S/C16H32N/c1-3-5-7-9-10-12-14-16-17-15-13-11-8-6-4-2/h10,12H,3-9,11,13-16H2,1-2H3. The van der Waals surface area contributed by atoms with Gasteiger partial charge in [0.1, 0.15) is 0 Å². The number of allylic oxidation sites excluding steroid dienone is 1. The molecular weight excluding hydrogens is 206 g/mol. The summed E-state index contributed by atoms with van der Waals surface area (Å²) in [7, 11) is 0. The van der Waals surface area contributed by atoms with Crippen LogP contribution in [-0.4, -0.2) is 13.1 Å². The summed E-state index contributed by atoms with van der Waals surface area (Å²) >= 11 is 0. The molecule has 0 aromatic heterocycles. The molecule has 0 unspecified atom stereocenters. The third-order valence-electron chi connectivity index (χ3n) is 3.01. The summed E-state index contributed by atoms with van der Waals surface area (Å²) in [6, 6.07) is 0. The van der Waals surface area contributed by atoms with Gasteiger partial charge in [0.2, 0.25) is 0 Å². The van der Waals surface area contributed by atoms with Gasteiger partial charge in [0.15, 0.2) is 0 Å². The van der Waals surface area contributed by atoms with E-state index in [4.69, 9.17) is 0 Å². The predicted molar refractivity (Wildman–Crippen MR) is 78.5 cm³/mol. The lowest BCUT2D eigenvalue weighted by atomic mass is 10.1. The van der Waals surface area contributed by atoms with Crippen molar-refractivity contribution in [2.24, 2.45) is 0 Å². The molecule has 0 saturated carbocycles. The second kappa shape index (κ2) is 15.7. The van der Waals surface area contributed by atoms with Gasteiger partial charge < -0.3 is 0 Å². The smallest absolute Gasteiger partial charge is 0.0167 e. The first-order valence-corrected chi connectivity index (χ1v) is 7.70. The molecule has 0 aliphatic heterocycles. The Hall–Kier alpha value is -0.300. The normalized spacial score (nSPS) is 11.4. The maximum atomic E-state index is 4.55. The van der Waals surface area contributed by atoms with Crippen LogP contribution in [0.1, 0.15) is 78.1 Å². The van der Waals surface area contributed by atoms with Gasteiger partial charge >= 0.3 is 0 Å². The van der Waals surface area contributed by atoms with Crippen LogP contribution in [0.3, 0.4) is 0 Å². The van der Waals surface area contributed by atoms with E-state index in [1.54, 1.807) is 0 Å². The highest BCUT2D eigenvalue weighted by atomic mass is 14.8. The summed E-state index contributed by atoms with van der Waals surface area (Å²) in [6.45, 7) is 6.62. The van der Waals surface area contributed by atoms with Crippen LogP contribution < -0.4 is 5.32 Å².